The second kappa shape index (κ2) is 11.5. The van der Waals surface area contributed by atoms with Crippen LogP contribution in [0.2, 0.25) is 0 Å². The van der Waals surface area contributed by atoms with Gasteiger partial charge < -0.3 is 15.5 Å². The zero-order chi connectivity index (χ0) is 24.7. The molecule has 3 rings (SSSR count). The number of hydrazine groups is 1. The van der Waals surface area contributed by atoms with Crippen molar-refractivity contribution in [1.29, 1.82) is 0 Å². The predicted molar refractivity (Wildman–Crippen MR) is 128 cm³/mol. The van der Waals surface area contributed by atoms with Crippen molar-refractivity contribution in [2.75, 3.05) is 26.2 Å². The number of carbonyl (C=O) groups is 3. The molecule has 0 aromatic heterocycles. The van der Waals surface area contributed by atoms with Gasteiger partial charge in [-0.3, -0.25) is 9.59 Å². The molecule has 2 atom stereocenters. The minimum atomic E-state index is -0.697. The lowest BCUT2D eigenvalue weighted by atomic mass is 9.98. The smallest absolute Gasteiger partial charge is 0.331 e. The van der Waals surface area contributed by atoms with Crippen molar-refractivity contribution in [2.45, 2.75) is 46.3 Å². The van der Waals surface area contributed by atoms with E-state index < -0.39 is 18.2 Å². The van der Waals surface area contributed by atoms with Crippen LogP contribution >= 0.6 is 0 Å². The van der Waals surface area contributed by atoms with Gasteiger partial charge in [-0.25, -0.2) is 9.80 Å². The van der Waals surface area contributed by atoms with E-state index in [9.17, 15) is 14.4 Å². The van der Waals surface area contributed by atoms with Crippen molar-refractivity contribution in [3.63, 3.8) is 0 Å². The lowest BCUT2D eigenvalue weighted by molar-refractivity contribution is -0.188. The van der Waals surface area contributed by atoms with Gasteiger partial charge in [0, 0.05) is 13.0 Å². The van der Waals surface area contributed by atoms with E-state index in [1.165, 1.54) is 20.5 Å². The van der Waals surface area contributed by atoms with Crippen LogP contribution in [-0.2, 0) is 16.0 Å². The van der Waals surface area contributed by atoms with Crippen LogP contribution in [0.5, 0.6) is 0 Å². The van der Waals surface area contributed by atoms with Gasteiger partial charge in [0.05, 0.1) is 19.6 Å². The summed E-state index contributed by atoms with van der Waals surface area (Å²) in [6.07, 6.45) is 5.12. The number of allylic oxidation sites excluding steroid dienone is 1. The molecule has 2 aliphatic rings. The molecule has 178 valence electrons. The fourth-order valence-corrected chi connectivity index (χ4v) is 4.10. The van der Waals surface area contributed by atoms with Crippen LogP contribution in [0, 0.1) is 18.3 Å². The molecule has 2 aliphatic heterocycles. The van der Waals surface area contributed by atoms with Crippen molar-refractivity contribution < 1.29 is 14.4 Å². The zero-order valence-electron chi connectivity index (χ0n) is 20.0. The molecule has 2 saturated heterocycles. The quantitative estimate of drug-likeness (QED) is 0.546. The molecule has 2 heterocycles. The maximum atomic E-state index is 13.3. The lowest BCUT2D eigenvalue weighted by Crippen LogP contribution is -2.76. The minimum absolute atomic E-state index is 0.0838. The van der Waals surface area contributed by atoms with E-state index in [-0.39, 0.29) is 37.4 Å². The maximum Gasteiger partial charge on any atom is 0.331 e. The predicted octanol–water partition coefficient (Wildman–Crippen LogP) is 2.08. The lowest BCUT2D eigenvalue weighted by Gasteiger charge is -2.54. The number of carbonyl (C=O) groups excluding carboxylic acids is 3. The number of fused-ring (bicyclic) bond motifs is 1. The Labute approximate surface area is 197 Å². The second-order valence-corrected chi connectivity index (χ2v) is 9.04. The number of hydrogen-bond donors (Lipinski definition) is 1. The summed E-state index contributed by atoms with van der Waals surface area (Å²) >= 11 is 0. The molecular weight excluding hydrogens is 418 g/mol. The Bertz CT molecular complexity index is 904. The van der Waals surface area contributed by atoms with Gasteiger partial charge in [0.25, 0.3) is 0 Å². The zero-order valence-corrected chi connectivity index (χ0v) is 20.0. The highest BCUT2D eigenvalue weighted by molar-refractivity contribution is 5.91. The third-order valence-corrected chi connectivity index (χ3v) is 5.19. The molecule has 1 aromatic rings. The number of urea groups is 1. The van der Waals surface area contributed by atoms with Crippen molar-refractivity contribution in [2.24, 2.45) is 11.7 Å². The average Bonchev–Trinajstić information content (AvgIpc) is 2.71. The largest absolute Gasteiger partial charge is 0.350 e. The highest BCUT2D eigenvalue weighted by atomic mass is 16.2. The van der Waals surface area contributed by atoms with Gasteiger partial charge in [0.1, 0.15) is 12.2 Å². The summed E-state index contributed by atoms with van der Waals surface area (Å²) < 4.78 is 0. The Morgan fingerprint density at radius 1 is 1.24 bits per heavy atom. The molecule has 0 aliphatic carbocycles. The van der Waals surface area contributed by atoms with Crippen molar-refractivity contribution in [3.05, 3.63) is 48.0 Å². The van der Waals surface area contributed by atoms with Gasteiger partial charge in [-0.1, -0.05) is 55.7 Å². The van der Waals surface area contributed by atoms with Gasteiger partial charge in [-0.05, 0) is 25.3 Å². The van der Waals surface area contributed by atoms with Crippen LogP contribution in [0.3, 0.4) is 0 Å². The van der Waals surface area contributed by atoms with Gasteiger partial charge in [0.15, 0.2) is 0 Å². The van der Waals surface area contributed by atoms with Crippen LogP contribution in [0.15, 0.2) is 42.5 Å². The summed E-state index contributed by atoms with van der Waals surface area (Å²) in [6.45, 7) is 12.3. The van der Waals surface area contributed by atoms with Crippen LogP contribution in [0.25, 0.3) is 0 Å². The number of primary amides is 1. The monoisotopic (exact) mass is 453 g/mol. The summed E-state index contributed by atoms with van der Waals surface area (Å²) in [5.41, 5.74) is 7.77. The van der Waals surface area contributed by atoms with E-state index in [1.807, 2.05) is 58.0 Å². The molecular formula is C25H35N5O3. The molecule has 2 fully saturated rings. The third-order valence-electron chi connectivity index (χ3n) is 5.19. The molecule has 0 saturated carbocycles. The van der Waals surface area contributed by atoms with Crippen LogP contribution < -0.4 is 5.73 Å². The number of nitrogens with zero attached hydrogens (tertiary/aromatic N) is 4. The van der Waals surface area contributed by atoms with E-state index in [2.05, 4.69) is 12.5 Å². The first kappa shape index (κ1) is 25.9. The van der Waals surface area contributed by atoms with Crippen LogP contribution in [0.4, 0.5) is 4.79 Å². The van der Waals surface area contributed by atoms with Gasteiger partial charge >= 0.3 is 6.03 Å². The molecule has 1 unspecified atom stereocenters. The van der Waals surface area contributed by atoms with E-state index >= 15 is 0 Å². The first-order valence-electron chi connectivity index (χ1n) is 11.1. The number of nitrogens with two attached hydrogens (primary N) is 1. The first-order chi connectivity index (χ1) is 15.6. The SMILES string of the molecule is C#CCN1CC(=O)N2C(CN(CC(C)C)C(=O)[C@@H]2Cc2ccccc2)N1C(N)=O.C=C(C)C. The molecule has 0 bridgehead atoms. The highest BCUT2D eigenvalue weighted by Crippen LogP contribution is 2.28. The Balaban J connectivity index is 0.000000890. The number of piperazine rings is 1. The van der Waals surface area contributed by atoms with Gasteiger partial charge in [-0.15, -0.1) is 13.0 Å². The number of terminal acetylenes is 1. The Morgan fingerprint density at radius 2 is 1.85 bits per heavy atom. The van der Waals surface area contributed by atoms with Crippen molar-refractivity contribution in [1.82, 2.24) is 19.8 Å². The standard InChI is InChI=1S/C21H27N5O3.C4H8/c1-4-10-24-14-19(27)25-17(11-16-8-6-5-7-9-16)20(28)23(12-15(2)3)13-18(25)26(24)21(22)29;1-4(2)3/h1,5-9,15,17-18H,10-14H2,2-3H3,(H2,22,29);1H2,2-3H3/t17-,18?;/m0./s1. The maximum absolute atomic E-state index is 13.3. The molecule has 4 amide bonds. The number of amides is 4. The summed E-state index contributed by atoms with van der Waals surface area (Å²) in [7, 11) is 0. The van der Waals surface area contributed by atoms with Crippen LogP contribution in [0.1, 0.15) is 33.3 Å². The molecule has 0 radical (unpaired) electrons. The Hall–Kier alpha value is -3.31. The minimum Gasteiger partial charge on any atom is -0.350 e. The Kier molecular flexibility index (Phi) is 9.06. The van der Waals surface area contributed by atoms with E-state index in [0.29, 0.717) is 13.0 Å². The first-order valence-corrected chi connectivity index (χ1v) is 11.1. The van der Waals surface area contributed by atoms with Crippen LogP contribution in [-0.4, -0.2) is 76.0 Å². The number of hydrogen-bond acceptors (Lipinski definition) is 4. The molecule has 8 heteroatoms. The fraction of sp³-hybridized carbons (Fsp3) is 0.480. The molecule has 0 spiro atoms. The number of benzene rings is 1. The summed E-state index contributed by atoms with van der Waals surface area (Å²) in [4.78, 5) is 41.8. The van der Waals surface area contributed by atoms with Gasteiger partial charge in [-0.2, -0.15) is 5.01 Å². The van der Waals surface area contributed by atoms with Gasteiger partial charge in [0.2, 0.25) is 11.8 Å². The van der Waals surface area contributed by atoms with E-state index in [0.717, 1.165) is 5.56 Å². The summed E-state index contributed by atoms with van der Waals surface area (Å²) in [5, 5.41) is 2.81. The molecule has 33 heavy (non-hydrogen) atoms. The highest BCUT2D eigenvalue weighted by Gasteiger charge is 2.50. The van der Waals surface area contributed by atoms with Crippen molar-refractivity contribution >= 4 is 17.8 Å². The molecule has 2 N–H and O–H groups in total. The fourth-order valence-electron chi connectivity index (χ4n) is 4.10. The summed E-state index contributed by atoms with van der Waals surface area (Å²) in [6, 6.07) is 8.15. The van der Waals surface area contributed by atoms with E-state index in [4.69, 9.17) is 12.2 Å². The average molecular weight is 454 g/mol. The number of rotatable bonds is 5. The molecule has 1 aromatic carbocycles. The van der Waals surface area contributed by atoms with Crippen molar-refractivity contribution in [3.8, 4) is 12.3 Å². The topological polar surface area (TPSA) is 90.2 Å². The third kappa shape index (κ3) is 6.59. The van der Waals surface area contributed by atoms with E-state index in [1.54, 1.807) is 4.90 Å². The molecule has 8 nitrogen and oxygen atoms in total. The second-order valence-electron chi connectivity index (χ2n) is 9.04. The summed E-state index contributed by atoms with van der Waals surface area (Å²) in [5.74, 6) is 2.36. The Morgan fingerprint density at radius 3 is 2.36 bits per heavy atom. The normalized spacial score (nSPS) is 20.7.